The first-order chi connectivity index (χ1) is 22.8. The molecule has 8 heteroatoms. The summed E-state index contributed by atoms with van der Waals surface area (Å²) in [5.41, 5.74) is 5.30. The van der Waals surface area contributed by atoms with Crippen LogP contribution in [0.25, 0.3) is 11.1 Å². The molecule has 1 atom stereocenters. The lowest BCUT2D eigenvalue weighted by atomic mass is 9.93. The average Bonchev–Trinajstić information content (AvgIpc) is 3.10. The van der Waals surface area contributed by atoms with Crippen LogP contribution in [0.4, 0.5) is 0 Å². The van der Waals surface area contributed by atoms with Gasteiger partial charge >= 0.3 is 11.9 Å². The van der Waals surface area contributed by atoms with Crippen LogP contribution in [0.1, 0.15) is 62.6 Å². The third kappa shape index (κ3) is 13.0. The van der Waals surface area contributed by atoms with Gasteiger partial charge in [0.2, 0.25) is 0 Å². The zero-order chi connectivity index (χ0) is 33.9. The Kier molecular flexibility index (Phi) is 16.1. The van der Waals surface area contributed by atoms with Crippen LogP contribution >= 0.6 is 0 Å². The summed E-state index contributed by atoms with van der Waals surface area (Å²) in [5, 5.41) is 18.0. The molecule has 0 spiro atoms. The SMILES string of the molecule is C=C(CO)C(=O)OCCOc1ccc(-c2ccc(C#Cc3ccc(OCCOC(=O)C(C)CO)cc3)cc2CCCCCCC)cc1. The fraction of sp³-hybridized carbons (Fsp3) is 0.385. The summed E-state index contributed by atoms with van der Waals surface area (Å²) in [6.45, 7) is 7.18. The van der Waals surface area contributed by atoms with E-state index >= 15 is 0 Å². The molecular formula is C39H46O8. The maximum atomic E-state index is 11.6. The van der Waals surface area contributed by atoms with Crippen molar-refractivity contribution in [2.24, 2.45) is 5.92 Å². The second-order valence-corrected chi connectivity index (χ2v) is 11.2. The highest BCUT2D eigenvalue weighted by molar-refractivity contribution is 5.87. The number of esters is 2. The van der Waals surface area contributed by atoms with Crippen LogP contribution in [0.5, 0.6) is 11.5 Å². The van der Waals surface area contributed by atoms with Gasteiger partial charge in [0, 0.05) is 11.1 Å². The molecule has 47 heavy (non-hydrogen) atoms. The van der Waals surface area contributed by atoms with Crippen molar-refractivity contribution in [1.82, 2.24) is 0 Å². The molecular weight excluding hydrogens is 596 g/mol. The second-order valence-electron chi connectivity index (χ2n) is 11.2. The summed E-state index contributed by atoms with van der Waals surface area (Å²) < 4.78 is 21.5. The number of aryl methyl sites for hydroxylation is 1. The molecule has 0 aliphatic rings. The molecule has 250 valence electrons. The molecule has 3 aromatic rings. The standard InChI is InChI=1S/C39H46O8/c1-4-5-6-7-8-9-34-26-32(11-10-31-12-17-35(18-13-31)44-22-24-46-38(42)29(2)27-40)14-21-37(34)33-15-19-36(20-16-33)45-23-25-47-39(43)30(3)28-41/h12-21,26,29,40-41H,3-9,22-25,27-28H2,1-2H3. The van der Waals surface area contributed by atoms with E-state index in [0.29, 0.717) is 11.5 Å². The van der Waals surface area contributed by atoms with Crippen LogP contribution < -0.4 is 9.47 Å². The van der Waals surface area contributed by atoms with E-state index < -0.39 is 24.5 Å². The lowest BCUT2D eigenvalue weighted by Gasteiger charge is -2.12. The normalized spacial score (nSPS) is 11.1. The Morgan fingerprint density at radius 1 is 0.766 bits per heavy atom. The molecule has 0 saturated carbocycles. The highest BCUT2D eigenvalue weighted by Crippen LogP contribution is 2.28. The van der Waals surface area contributed by atoms with Crippen molar-refractivity contribution in [2.75, 3.05) is 39.6 Å². The Hall–Kier alpha value is -4.58. The van der Waals surface area contributed by atoms with Crippen molar-refractivity contribution in [3.8, 4) is 34.5 Å². The molecule has 0 fully saturated rings. The van der Waals surface area contributed by atoms with E-state index in [9.17, 15) is 9.59 Å². The van der Waals surface area contributed by atoms with Crippen LogP contribution in [0.15, 0.2) is 78.9 Å². The average molecular weight is 643 g/mol. The number of aliphatic hydroxyl groups is 2. The summed E-state index contributed by atoms with van der Waals surface area (Å²) in [6.07, 6.45) is 6.93. The van der Waals surface area contributed by atoms with Gasteiger partial charge in [-0.25, -0.2) is 4.79 Å². The first kappa shape index (κ1) is 36.9. The molecule has 1 unspecified atom stereocenters. The third-order valence-electron chi connectivity index (χ3n) is 7.36. The Balaban J connectivity index is 1.63. The molecule has 8 nitrogen and oxygen atoms in total. The fourth-order valence-corrected chi connectivity index (χ4v) is 4.57. The van der Waals surface area contributed by atoms with E-state index in [1.807, 2.05) is 54.6 Å². The van der Waals surface area contributed by atoms with Gasteiger partial charge in [0.05, 0.1) is 24.7 Å². The largest absolute Gasteiger partial charge is 0.490 e. The second kappa shape index (κ2) is 20.5. The minimum Gasteiger partial charge on any atom is -0.490 e. The van der Waals surface area contributed by atoms with Crippen molar-refractivity contribution in [2.45, 2.75) is 52.4 Å². The van der Waals surface area contributed by atoms with Gasteiger partial charge in [-0.15, -0.1) is 0 Å². The zero-order valence-electron chi connectivity index (χ0n) is 27.5. The summed E-state index contributed by atoms with van der Waals surface area (Å²) >= 11 is 0. The van der Waals surface area contributed by atoms with Crippen LogP contribution in [0, 0.1) is 17.8 Å². The van der Waals surface area contributed by atoms with Crippen molar-refractivity contribution < 1.29 is 38.7 Å². The van der Waals surface area contributed by atoms with E-state index in [4.69, 9.17) is 29.2 Å². The van der Waals surface area contributed by atoms with Gasteiger partial charge in [0.25, 0.3) is 0 Å². The monoisotopic (exact) mass is 642 g/mol. The Morgan fingerprint density at radius 3 is 2.00 bits per heavy atom. The molecule has 0 radical (unpaired) electrons. The fourth-order valence-electron chi connectivity index (χ4n) is 4.57. The summed E-state index contributed by atoms with van der Waals surface area (Å²) in [6, 6.07) is 21.7. The minimum absolute atomic E-state index is 0.0112. The van der Waals surface area contributed by atoms with Gasteiger partial charge in [-0.3, -0.25) is 4.79 Å². The molecule has 0 aliphatic heterocycles. The summed E-state index contributed by atoms with van der Waals surface area (Å²) in [5.74, 6) is 6.25. The molecule has 0 aromatic heterocycles. The summed E-state index contributed by atoms with van der Waals surface area (Å²) in [7, 11) is 0. The number of hydrogen-bond acceptors (Lipinski definition) is 8. The predicted octanol–water partition coefficient (Wildman–Crippen LogP) is 6.29. The van der Waals surface area contributed by atoms with Gasteiger partial charge in [-0.1, -0.05) is 69.2 Å². The molecule has 3 rings (SSSR count). The summed E-state index contributed by atoms with van der Waals surface area (Å²) in [4.78, 5) is 23.2. The number of aliphatic hydroxyl groups excluding tert-OH is 2. The lowest BCUT2D eigenvalue weighted by molar-refractivity contribution is -0.150. The molecule has 0 amide bonds. The Labute approximate surface area is 278 Å². The van der Waals surface area contributed by atoms with E-state index in [-0.39, 0.29) is 38.6 Å². The van der Waals surface area contributed by atoms with Crippen molar-refractivity contribution in [3.63, 3.8) is 0 Å². The van der Waals surface area contributed by atoms with Gasteiger partial charge < -0.3 is 29.2 Å². The van der Waals surface area contributed by atoms with Crippen LogP contribution in [-0.2, 0) is 25.5 Å². The van der Waals surface area contributed by atoms with Crippen LogP contribution in [0.2, 0.25) is 0 Å². The maximum Gasteiger partial charge on any atom is 0.335 e. The van der Waals surface area contributed by atoms with E-state index in [1.54, 1.807) is 6.92 Å². The third-order valence-corrected chi connectivity index (χ3v) is 7.36. The Morgan fingerprint density at radius 2 is 1.36 bits per heavy atom. The molecule has 0 aliphatic carbocycles. The molecule has 0 bridgehead atoms. The van der Waals surface area contributed by atoms with Crippen molar-refractivity contribution >= 4 is 11.9 Å². The van der Waals surface area contributed by atoms with Gasteiger partial charge in [0.15, 0.2) is 0 Å². The number of carbonyl (C=O) groups is 2. The predicted molar refractivity (Wildman–Crippen MR) is 182 cm³/mol. The molecule has 2 N–H and O–H groups in total. The van der Waals surface area contributed by atoms with E-state index in [1.165, 1.54) is 31.2 Å². The first-order valence-electron chi connectivity index (χ1n) is 16.2. The first-order valence-corrected chi connectivity index (χ1v) is 16.2. The lowest BCUT2D eigenvalue weighted by Crippen LogP contribution is -2.20. The molecule has 0 saturated heterocycles. The van der Waals surface area contributed by atoms with Gasteiger partial charge in [-0.2, -0.15) is 0 Å². The van der Waals surface area contributed by atoms with E-state index in [2.05, 4.69) is 37.5 Å². The number of unbranched alkanes of at least 4 members (excludes halogenated alkanes) is 4. The number of benzene rings is 3. The number of ether oxygens (including phenoxy) is 4. The highest BCUT2D eigenvalue weighted by atomic mass is 16.6. The number of rotatable bonds is 19. The number of hydrogen-bond donors (Lipinski definition) is 2. The maximum absolute atomic E-state index is 11.6. The van der Waals surface area contributed by atoms with Crippen molar-refractivity contribution in [1.29, 1.82) is 0 Å². The van der Waals surface area contributed by atoms with Crippen molar-refractivity contribution in [3.05, 3.63) is 95.6 Å². The minimum atomic E-state index is -0.631. The van der Waals surface area contributed by atoms with E-state index in [0.717, 1.165) is 35.1 Å². The molecule has 0 heterocycles. The van der Waals surface area contributed by atoms with Crippen LogP contribution in [0.3, 0.4) is 0 Å². The topological polar surface area (TPSA) is 112 Å². The van der Waals surface area contributed by atoms with Gasteiger partial charge in [0.1, 0.15) is 37.9 Å². The smallest absolute Gasteiger partial charge is 0.335 e. The van der Waals surface area contributed by atoms with Crippen LogP contribution in [-0.4, -0.2) is 61.8 Å². The van der Waals surface area contributed by atoms with Gasteiger partial charge in [-0.05, 0) is 85.0 Å². The molecule has 3 aromatic carbocycles. The quantitative estimate of drug-likeness (QED) is 0.0680. The Bertz CT molecular complexity index is 1480. The zero-order valence-corrected chi connectivity index (χ0v) is 27.5. The highest BCUT2D eigenvalue weighted by Gasteiger charge is 2.13. The number of carbonyl (C=O) groups excluding carboxylic acids is 2.